The van der Waals surface area contributed by atoms with E-state index in [4.69, 9.17) is 0 Å². The molecular formula is C23H21N5O. The molecule has 0 spiro atoms. The van der Waals surface area contributed by atoms with Crippen molar-refractivity contribution >= 4 is 5.91 Å². The van der Waals surface area contributed by atoms with Gasteiger partial charge < -0.3 is 5.32 Å². The summed E-state index contributed by atoms with van der Waals surface area (Å²) in [6, 6.07) is 21.6. The molecule has 0 aliphatic heterocycles. The molecule has 0 bridgehead atoms. The molecule has 0 saturated heterocycles. The lowest BCUT2D eigenvalue weighted by Crippen LogP contribution is -2.28. The van der Waals surface area contributed by atoms with Crippen LogP contribution in [0.2, 0.25) is 0 Å². The predicted molar refractivity (Wildman–Crippen MR) is 112 cm³/mol. The molecule has 4 aromatic rings. The number of hydrogen-bond acceptors (Lipinski definition) is 4. The average Bonchev–Trinajstić information content (AvgIpc) is 3.26. The Bertz CT molecular complexity index is 1080. The number of hydrogen-bond donors (Lipinski definition) is 2. The highest BCUT2D eigenvalue weighted by Crippen LogP contribution is 2.20. The topological polar surface area (TPSA) is 83.6 Å². The van der Waals surface area contributed by atoms with E-state index in [1.807, 2.05) is 61.5 Å². The number of rotatable bonds is 6. The number of aromatic amines is 1. The number of carbonyl (C=O) groups excluding carboxylic acids is 1. The molecule has 0 saturated carbocycles. The first kappa shape index (κ1) is 18.6. The van der Waals surface area contributed by atoms with Crippen LogP contribution in [0.15, 0.2) is 79.1 Å². The van der Waals surface area contributed by atoms with Gasteiger partial charge in [-0.1, -0.05) is 54.6 Å². The molecule has 2 heterocycles. The molecule has 2 N–H and O–H groups in total. The van der Waals surface area contributed by atoms with Crippen molar-refractivity contribution in [2.45, 2.75) is 19.4 Å². The summed E-state index contributed by atoms with van der Waals surface area (Å²) < 4.78 is 0. The second-order valence-corrected chi connectivity index (χ2v) is 6.81. The van der Waals surface area contributed by atoms with Gasteiger partial charge in [0, 0.05) is 18.0 Å². The summed E-state index contributed by atoms with van der Waals surface area (Å²) in [6.45, 7) is 1.88. The molecule has 2 aromatic carbocycles. The highest BCUT2D eigenvalue weighted by atomic mass is 16.1. The molecule has 0 unspecified atom stereocenters. The fraction of sp³-hybridized carbons (Fsp3) is 0.130. The maximum absolute atomic E-state index is 12.4. The van der Waals surface area contributed by atoms with E-state index in [2.05, 4.69) is 37.6 Å². The van der Waals surface area contributed by atoms with Crippen molar-refractivity contribution in [2.24, 2.45) is 0 Å². The zero-order chi connectivity index (χ0) is 20.1. The van der Waals surface area contributed by atoms with Gasteiger partial charge in [0.15, 0.2) is 5.82 Å². The van der Waals surface area contributed by atoms with Gasteiger partial charge in [0.1, 0.15) is 5.82 Å². The maximum atomic E-state index is 12.4. The molecular weight excluding hydrogens is 362 g/mol. The average molecular weight is 383 g/mol. The van der Waals surface area contributed by atoms with Gasteiger partial charge in [-0.15, -0.1) is 0 Å². The summed E-state index contributed by atoms with van der Waals surface area (Å²) >= 11 is 0. The largest absolute Gasteiger partial charge is 0.346 e. The van der Waals surface area contributed by atoms with Gasteiger partial charge in [0.05, 0.1) is 12.5 Å². The number of nitrogens with zero attached hydrogens (tertiary/aromatic N) is 3. The van der Waals surface area contributed by atoms with E-state index >= 15 is 0 Å². The first-order valence-electron chi connectivity index (χ1n) is 9.45. The van der Waals surface area contributed by atoms with Crippen molar-refractivity contribution < 1.29 is 4.79 Å². The smallest absolute Gasteiger partial charge is 0.224 e. The Balaban J connectivity index is 1.36. The number of aromatic nitrogens is 4. The number of nitrogens with one attached hydrogen (secondary N) is 2. The molecule has 6 heteroatoms. The molecule has 144 valence electrons. The Hall–Kier alpha value is -3.80. The van der Waals surface area contributed by atoms with Crippen LogP contribution in [0, 0.1) is 0 Å². The predicted octanol–water partition coefficient (Wildman–Crippen LogP) is 3.95. The van der Waals surface area contributed by atoms with Crippen LogP contribution in [0.1, 0.15) is 24.4 Å². The minimum absolute atomic E-state index is 0.0631. The number of carbonyl (C=O) groups is 1. The number of amides is 1. The normalized spacial score (nSPS) is 11.8. The van der Waals surface area contributed by atoms with Crippen LogP contribution in [0.5, 0.6) is 0 Å². The lowest BCUT2D eigenvalue weighted by molar-refractivity contribution is -0.121. The van der Waals surface area contributed by atoms with Gasteiger partial charge in [-0.25, -0.2) is 4.98 Å². The lowest BCUT2D eigenvalue weighted by Gasteiger charge is -2.11. The van der Waals surface area contributed by atoms with Crippen molar-refractivity contribution in [3.05, 3.63) is 90.5 Å². The second kappa shape index (κ2) is 8.48. The van der Waals surface area contributed by atoms with Crippen LogP contribution in [0.25, 0.3) is 22.5 Å². The number of H-pyrrole nitrogens is 1. The third-order valence-corrected chi connectivity index (χ3v) is 4.65. The molecule has 4 rings (SSSR count). The molecule has 0 fully saturated rings. The molecule has 6 nitrogen and oxygen atoms in total. The molecule has 29 heavy (non-hydrogen) atoms. The molecule has 2 aromatic heterocycles. The van der Waals surface area contributed by atoms with E-state index in [9.17, 15) is 4.79 Å². The van der Waals surface area contributed by atoms with Crippen LogP contribution >= 0.6 is 0 Å². The van der Waals surface area contributed by atoms with Gasteiger partial charge in [0.25, 0.3) is 0 Å². The van der Waals surface area contributed by atoms with Crippen LogP contribution in [-0.4, -0.2) is 26.1 Å². The Morgan fingerprint density at radius 2 is 1.62 bits per heavy atom. The van der Waals surface area contributed by atoms with Gasteiger partial charge in [-0.05, 0) is 35.7 Å². The van der Waals surface area contributed by atoms with E-state index in [-0.39, 0.29) is 11.9 Å². The van der Waals surface area contributed by atoms with Gasteiger partial charge >= 0.3 is 0 Å². The molecule has 1 atom stereocenters. The Morgan fingerprint density at radius 1 is 0.931 bits per heavy atom. The SMILES string of the molecule is C[C@H](NC(=O)Cc1ccc(-c2ccccc2)cc1)c1nc(-c2ccncc2)n[nH]1. The zero-order valence-corrected chi connectivity index (χ0v) is 16.0. The summed E-state index contributed by atoms with van der Waals surface area (Å²) in [6.07, 6.45) is 3.70. The van der Waals surface area contributed by atoms with Crippen molar-refractivity contribution in [3.63, 3.8) is 0 Å². The monoisotopic (exact) mass is 383 g/mol. The third-order valence-electron chi connectivity index (χ3n) is 4.65. The summed E-state index contributed by atoms with van der Waals surface area (Å²) in [5.74, 6) is 1.14. The highest BCUT2D eigenvalue weighted by molar-refractivity contribution is 5.79. The standard InChI is InChI=1S/C23H21N5O/c1-16(22-26-23(28-27-22)20-11-13-24-14-12-20)25-21(29)15-17-7-9-19(10-8-17)18-5-3-2-4-6-18/h2-14,16H,15H2,1H3,(H,25,29)(H,26,27,28)/t16-/m0/s1. The Labute approximate surface area is 169 Å². The van der Waals surface area contributed by atoms with Crippen molar-refractivity contribution in [1.82, 2.24) is 25.5 Å². The summed E-state index contributed by atoms with van der Waals surface area (Å²) in [5.41, 5.74) is 4.13. The first-order chi connectivity index (χ1) is 14.2. The third kappa shape index (κ3) is 4.55. The summed E-state index contributed by atoms with van der Waals surface area (Å²) in [7, 11) is 0. The molecule has 1 amide bonds. The number of benzene rings is 2. The van der Waals surface area contributed by atoms with Crippen LogP contribution in [0.4, 0.5) is 0 Å². The quantitative estimate of drug-likeness (QED) is 0.528. The van der Waals surface area contributed by atoms with Crippen LogP contribution in [0.3, 0.4) is 0 Å². The fourth-order valence-electron chi connectivity index (χ4n) is 3.09. The summed E-state index contributed by atoms with van der Waals surface area (Å²) in [4.78, 5) is 20.9. The summed E-state index contributed by atoms with van der Waals surface area (Å²) in [5, 5.41) is 10.1. The molecule has 0 aliphatic rings. The second-order valence-electron chi connectivity index (χ2n) is 6.81. The van der Waals surface area contributed by atoms with Gasteiger partial charge in [0.2, 0.25) is 5.91 Å². The molecule has 0 radical (unpaired) electrons. The molecule has 0 aliphatic carbocycles. The van der Waals surface area contributed by atoms with Crippen LogP contribution < -0.4 is 5.32 Å². The Kier molecular flexibility index (Phi) is 5.42. The lowest BCUT2D eigenvalue weighted by atomic mass is 10.0. The van der Waals surface area contributed by atoms with Gasteiger partial charge in [-0.3, -0.25) is 14.9 Å². The van der Waals surface area contributed by atoms with Crippen LogP contribution in [-0.2, 0) is 11.2 Å². The van der Waals surface area contributed by atoms with E-state index in [0.29, 0.717) is 18.1 Å². The van der Waals surface area contributed by atoms with Gasteiger partial charge in [-0.2, -0.15) is 5.10 Å². The first-order valence-corrected chi connectivity index (χ1v) is 9.45. The maximum Gasteiger partial charge on any atom is 0.224 e. The van der Waals surface area contributed by atoms with Crippen molar-refractivity contribution in [1.29, 1.82) is 0 Å². The Morgan fingerprint density at radius 3 is 2.34 bits per heavy atom. The van der Waals surface area contributed by atoms with E-state index in [1.165, 1.54) is 0 Å². The van der Waals surface area contributed by atoms with Crippen molar-refractivity contribution in [2.75, 3.05) is 0 Å². The minimum atomic E-state index is -0.269. The van der Waals surface area contributed by atoms with E-state index in [0.717, 1.165) is 22.3 Å². The highest BCUT2D eigenvalue weighted by Gasteiger charge is 2.15. The van der Waals surface area contributed by atoms with Crippen molar-refractivity contribution in [3.8, 4) is 22.5 Å². The zero-order valence-electron chi connectivity index (χ0n) is 16.0. The van der Waals surface area contributed by atoms with E-state index < -0.39 is 0 Å². The van der Waals surface area contributed by atoms with E-state index in [1.54, 1.807) is 12.4 Å². The minimum Gasteiger partial charge on any atom is -0.346 e. The number of pyridine rings is 1. The fourth-order valence-corrected chi connectivity index (χ4v) is 3.09.